The standard InChI is InChI=1S/C10H23ClSi/c1-9(2,3)8-12(7,11)10(4,5)6/h8H2,1-7H3. The van der Waals surface area contributed by atoms with E-state index in [1.807, 2.05) is 0 Å². The lowest BCUT2D eigenvalue weighted by atomic mass is 10.0. The summed E-state index contributed by atoms with van der Waals surface area (Å²) in [6, 6.07) is 1.19. The van der Waals surface area contributed by atoms with Crippen LogP contribution in [0, 0.1) is 5.41 Å². The van der Waals surface area contributed by atoms with E-state index in [4.69, 9.17) is 11.1 Å². The van der Waals surface area contributed by atoms with Crippen LogP contribution in [0.25, 0.3) is 0 Å². The van der Waals surface area contributed by atoms with E-state index < -0.39 is 7.38 Å². The smallest absolute Gasteiger partial charge is 0.159 e. The van der Waals surface area contributed by atoms with Gasteiger partial charge in [-0.25, -0.2) is 0 Å². The Bertz CT molecular complexity index is 148. The Labute approximate surface area is 83.4 Å². The van der Waals surface area contributed by atoms with Gasteiger partial charge in [-0.05, 0) is 16.5 Å². The van der Waals surface area contributed by atoms with E-state index in [9.17, 15) is 0 Å². The van der Waals surface area contributed by atoms with Gasteiger partial charge in [-0.15, -0.1) is 0 Å². The molecule has 0 fully saturated rings. The van der Waals surface area contributed by atoms with E-state index in [2.05, 4.69) is 48.1 Å². The van der Waals surface area contributed by atoms with Gasteiger partial charge in [0.2, 0.25) is 0 Å². The zero-order valence-electron chi connectivity index (χ0n) is 9.59. The Kier molecular flexibility index (Phi) is 3.48. The first kappa shape index (κ1) is 12.5. The van der Waals surface area contributed by atoms with Crippen molar-refractivity contribution in [2.75, 3.05) is 0 Å². The predicted octanol–water partition coefficient (Wildman–Crippen LogP) is 4.65. The molecule has 0 saturated heterocycles. The fraction of sp³-hybridized carbons (Fsp3) is 1.00. The Morgan fingerprint density at radius 2 is 1.33 bits per heavy atom. The summed E-state index contributed by atoms with van der Waals surface area (Å²) in [5.74, 6) is 0. The molecule has 0 rings (SSSR count). The summed E-state index contributed by atoms with van der Waals surface area (Å²) in [4.78, 5) is 0. The van der Waals surface area contributed by atoms with E-state index in [0.29, 0.717) is 10.5 Å². The molecule has 0 heterocycles. The first-order valence-corrected chi connectivity index (χ1v) is 8.37. The van der Waals surface area contributed by atoms with Crippen LogP contribution in [0.2, 0.25) is 17.6 Å². The average Bonchev–Trinajstić information content (AvgIpc) is 1.52. The van der Waals surface area contributed by atoms with Gasteiger partial charge in [0.25, 0.3) is 0 Å². The second-order valence-corrected chi connectivity index (χ2v) is 12.9. The van der Waals surface area contributed by atoms with Crippen molar-refractivity contribution in [1.82, 2.24) is 0 Å². The van der Waals surface area contributed by atoms with Crippen LogP contribution >= 0.6 is 11.1 Å². The summed E-state index contributed by atoms with van der Waals surface area (Å²) in [6.45, 7) is 15.9. The summed E-state index contributed by atoms with van der Waals surface area (Å²) < 4.78 is 0. The summed E-state index contributed by atoms with van der Waals surface area (Å²) in [5.41, 5.74) is 0.371. The van der Waals surface area contributed by atoms with E-state index in [1.54, 1.807) is 0 Å². The summed E-state index contributed by atoms with van der Waals surface area (Å²) >= 11 is 6.64. The van der Waals surface area contributed by atoms with Crippen molar-refractivity contribution < 1.29 is 0 Å². The molecule has 0 N–H and O–H groups in total. The van der Waals surface area contributed by atoms with Crippen molar-refractivity contribution in [3.8, 4) is 0 Å². The molecule has 12 heavy (non-hydrogen) atoms. The van der Waals surface area contributed by atoms with E-state index in [-0.39, 0.29) is 0 Å². The molecule has 1 atom stereocenters. The minimum atomic E-state index is -1.57. The van der Waals surface area contributed by atoms with Gasteiger partial charge in [0, 0.05) is 0 Å². The van der Waals surface area contributed by atoms with Crippen molar-refractivity contribution in [1.29, 1.82) is 0 Å². The van der Waals surface area contributed by atoms with Gasteiger partial charge in [-0.3, -0.25) is 0 Å². The highest BCUT2D eigenvalue weighted by Crippen LogP contribution is 2.45. The molecule has 0 bridgehead atoms. The maximum absolute atomic E-state index is 6.64. The topological polar surface area (TPSA) is 0 Å². The maximum Gasteiger partial charge on any atom is 0.159 e. The molecular formula is C10H23ClSi. The zero-order valence-corrected chi connectivity index (χ0v) is 11.3. The second kappa shape index (κ2) is 3.34. The summed E-state index contributed by atoms with van der Waals surface area (Å²) in [6.07, 6.45) is 0. The van der Waals surface area contributed by atoms with E-state index >= 15 is 0 Å². The highest BCUT2D eigenvalue weighted by atomic mass is 35.6. The van der Waals surface area contributed by atoms with Gasteiger partial charge >= 0.3 is 0 Å². The molecular weight excluding hydrogens is 184 g/mol. The Morgan fingerprint density at radius 1 is 1.00 bits per heavy atom. The third-order valence-corrected chi connectivity index (χ3v) is 9.38. The van der Waals surface area contributed by atoms with Crippen molar-refractivity contribution in [2.45, 2.75) is 59.2 Å². The molecule has 0 aliphatic rings. The van der Waals surface area contributed by atoms with Crippen LogP contribution in [0.3, 0.4) is 0 Å². The third kappa shape index (κ3) is 3.95. The molecule has 0 saturated carbocycles. The molecule has 0 spiro atoms. The highest BCUT2D eigenvalue weighted by Gasteiger charge is 2.41. The lowest BCUT2D eigenvalue weighted by Crippen LogP contribution is -2.38. The molecule has 0 amide bonds. The van der Waals surface area contributed by atoms with Crippen molar-refractivity contribution in [3.05, 3.63) is 0 Å². The molecule has 1 unspecified atom stereocenters. The lowest BCUT2D eigenvalue weighted by molar-refractivity contribution is 0.456. The Morgan fingerprint density at radius 3 is 1.42 bits per heavy atom. The van der Waals surface area contributed by atoms with Crippen molar-refractivity contribution >= 4 is 18.5 Å². The largest absolute Gasteiger partial charge is 0.167 e. The van der Waals surface area contributed by atoms with Gasteiger partial charge in [-0.1, -0.05) is 48.1 Å². The maximum atomic E-state index is 6.64. The van der Waals surface area contributed by atoms with Gasteiger partial charge in [0.05, 0.1) is 0 Å². The zero-order chi connectivity index (χ0) is 10.2. The fourth-order valence-electron chi connectivity index (χ4n) is 1.26. The molecule has 0 aromatic rings. The minimum absolute atomic E-state index is 0.307. The van der Waals surface area contributed by atoms with Crippen molar-refractivity contribution in [3.63, 3.8) is 0 Å². The van der Waals surface area contributed by atoms with Crippen LogP contribution in [-0.4, -0.2) is 7.38 Å². The Hall–Kier alpha value is 0.507. The fourth-order valence-corrected chi connectivity index (χ4v) is 4.99. The van der Waals surface area contributed by atoms with Crippen LogP contribution in [0.5, 0.6) is 0 Å². The number of hydrogen-bond donors (Lipinski definition) is 0. The lowest BCUT2D eigenvalue weighted by Gasteiger charge is -2.38. The van der Waals surface area contributed by atoms with Gasteiger partial charge in [0.1, 0.15) is 0 Å². The summed E-state index contributed by atoms with van der Waals surface area (Å²) in [5, 5.41) is 0.307. The van der Waals surface area contributed by atoms with E-state index in [1.165, 1.54) is 6.04 Å². The monoisotopic (exact) mass is 206 g/mol. The van der Waals surface area contributed by atoms with E-state index in [0.717, 1.165) is 0 Å². The van der Waals surface area contributed by atoms with Crippen LogP contribution < -0.4 is 0 Å². The van der Waals surface area contributed by atoms with Gasteiger partial charge in [-0.2, -0.15) is 11.1 Å². The molecule has 0 radical (unpaired) electrons. The molecule has 0 aliphatic carbocycles. The van der Waals surface area contributed by atoms with Gasteiger partial charge in [0.15, 0.2) is 7.38 Å². The van der Waals surface area contributed by atoms with Crippen LogP contribution in [0.1, 0.15) is 41.5 Å². The molecule has 2 heteroatoms. The molecule has 0 aromatic heterocycles. The second-order valence-electron chi connectivity index (χ2n) is 6.18. The number of halogens is 1. The molecule has 0 nitrogen and oxygen atoms in total. The summed E-state index contributed by atoms with van der Waals surface area (Å²) in [7, 11) is -1.57. The molecule has 0 aromatic carbocycles. The van der Waals surface area contributed by atoms with Crippen LogP contribution in [0.4, 0.5) is 0 Å². The Balaban J connectivity index is 4.44. The average molecular weight is 207 g/mol. The van der Waals surface area contributed by atoms with Crippen LogP contribution in [-0.2, 0) is 0 Å². The quantitative estimate of drug-likeness (QED) is 0.433. The third-order valence-electron chi connectivity index (χ3n) is 2.43. The minimum Gasteiger partial charge on any atom is -0.167 e. The highest BCUT2D eigenvalue weighted by molar-refractivity contribution is 7.21. The number of hydrogen-bond acceptors (Lipinski definition) is 0. The normalized spacial score (nSPS) is 19.0. The molecule has 0 aliphatic heterocycles. The van der Waals surface area contributed by atoms with Crippen LogP contribution in [0.15, 0.2) is 0 Å². The molecule has 74 valence electrons. The van der Waals surface area contributed by atoms with Crippen molar-refractivity contribution in [2.24, 2.45) is 5.41 Å². The van der Waals surface area contributed by atoms with Gasteiger partial charge < -0.3 is 0 Å². The number of rotatable bonds is 1. The SMILES string of the molecule is CC(C)(C)C[Si](C)(Cl)C(C)(C)C. The predicted molar refractivity (Wildman–Crippen MR) is 61.4 cm³/mol. The first-order chi connectivity index (χ1) is 4.96. The first-order valence-electron chi connectivity index (χ1n) is 4.65.